The van der Waals surface area contributed by atoms with Gasteiger partial charge in [-0.25, -0.2) is 13.8 Å². The summed E-state index contributed by atoms with van der Waals surface area (Å²) >= 11 is 0. The number of anilines is 1. The first-order chi connectivity index (χ1) is 17.9. The van der Waals surface area contributed by atoms with Crippen molar-refractivity contribution in [3.8, 4) is 6.07 Å². The van der Waals surface area contributed by atoms with Crippen LogP contribution in [0, 0.1) is 17.2 Å². The molecular formula is C29H30F2N4O2. The van der Waals surface area contributed by atoms with E-state index in [4.69, 9.17) is 4.42 Å². The van der Waals surface area contributed by atoms with E-state index in [1.54, 1.807) is 18.5 Å². The van der Waals surface area contributed by atoms with Crippen LogP contribution in [0.15, 0.2) is 65.4 Å². The van der Waals surface area contributed by atoms with E-state index in [9.17, 15) is 18.8 Å². The average molecular weight is 505 g/mol. The van der Waals surface area contributed by atoms with Crippen LogP contribution in [0.4, 0.5) is 14.5 Å². The van der Waals surface area contributed by atoms with Crippen molar-refractivity contribution in [2.75, 3.05) is 31.1 Å². The summed E-state index contributed by atoms with van der Waals surface area (Å²) in [6.45, 7) is 2.99. The minimum atomic E-state index is -2.65. The lowest BCUT2D eigenvalue weighted by molar-refractivity contribution is -0.126. The van der Waals surface area contributed by atoms with Gasteiger partial charge < -0.3 is 9.32 Å². The zero-order chi connectivity index (χ0) is 25.8. The fourth-order valence-electron chi connectivity index (χ4n) is 5.50. The monoisotopic (exact) mass is 504 g/mol. The Kier molecular flexibility index (Phi) is 7.33. The number of nitrogens with zero attached hydrogens (tertiary/aromatic N) is 4. The Morgan fingerprint density at radius 3 is 2.49 bits per heavy atom. The predicted octanol–water partition coefficient (Wildman–Crippen LogP) is 5.39. The normalized spacial score (nSPS) is 19.3. The van der Waals surface area contributed by atoms with Crippen molar-refractivity contribution in [2.24, 2.45) is 5.92 Å². The number of carbonyl (C=O) groups excluding carboxylic acids is 1. The summed E-state index contributed by atoms with van der Waals surface area (Å²) in [5.74, 6) is -2.32. The van der Waals surface area contributed by atoms with Crippen LogP contribution in [-0.2, 0) is 11.2 Å². The van der Waals surface area contributed by atoms with Gasteiger partial charge in [0.15, 0.2) is 0 Å². The number of alkyl halides is 2. The van der Waals surface area contributed by atoms with Gasteiger partial charge in [-0.3, -0.25) is 9.69 Å². The molecular weight excluding hydrogens is 474 g/mol. The van der Waals surface area contributed by atoms with E-state index in [1.165, 1.54) is 0 Å². The van der Waals surface area contributed by atoms with Crippen LogP contribution in [0.3, 0.4) is 0 Å². The first kappa shape index (κ1) is 25.1. The second kappa shape index (κ2) is 10.8. The lowest BCUT2D eigenvalue weighted by Crippen LogP contribution is -2.48. The molecule has 1 aliphatic heterocycles. The third-order valence-electron chi connectivity index (χ3n) is 7.55. The minimum absolute atomic E-state index is 0.0146. The van der Waals surface area contributed by atoms with Gasteiger partial charge in [-0.15, -0.1) is 0 Å². The molecule has 2 heterocycles. The number of hydrogen-bond donors (Lipinski definition) is 0. The van der Waals surface area contributed by atoms with E-state index >= 15 is 0 Å². The number of halogens is 2. The summed E-state index contributed by atoms with van der Waals surface area (Å²) in [6, 6.07) is 17.9. The van der Waals surface area contributed by atoms with Crippen molar-refractivity contribution >= 4 is 11.5 Å². The van der Waals surface area contributed by atoms with Crippen molar-refractivity contribution in [3.63, 3.8) is 0 Å². The molecule has 1 atom stereocenters. The molecule has 3 aromatic rings. The van der Waals surface area contributed by atoms with E-state index < -0.39 is 5.92 Å². The third kappa shape index (κ3) is 5.72. The quantitative estimate of drug-likeness (QED) is 0.429. The number of benzene rings is 2. The molecule has 1 saturated carbocycles. The number of hydrogen-bond acceptors (Lipinski definition) is 6. The highest BCUT2D eigenvalue weighted by Gasteiger charge is 2.37. The third-order valence-corrected chi connectivity index (χ3v) is 7.55. The summed E-state index contributed by atoms with van der Waals surface area (Å²) in [6.07, 6.45) is 3.45. The van der Waals surface area contributed by atoms with E-state index in [-0.39, 0.29) is 49.8 Å². The largest absolute Gasteiger partial charge is 0.447 e. The van der Waals surface area contributed by atoms with Crippen molar-refractivity contribution in [1.82, 2.24) is 9.88 Å². The molecule has 0 radical (unpaired) electrons. The maximum absolute atomic E-state index is 13.5. The Morgan fingerprint density at radius 2 is 1.84 bits per heavy atom. The van der Waals surface area contributed by atoms with Crippen LogP contribution in [0.5, 0.6) is 0 Å². The van der Waals surface area contributed by atoms with Gasteiger partial charge in [-0.05, 0) is 36.1 Å². The number of aromatic nitrogens is 1. The van der Waals surface area contributed by atoms with Gasteiger partial charge in [0.1, 0.15) is 24.2 Å². The van der Waals surface area contributed by atoms with E-state index in [1.807, 2.05) is 30.3 Å². The van der Waals surface area contributed by atoms with Crippen molar-refractivity contribution in [3.05, 3.63) is 83.6 Å². The first-order valence-corrected chi connectivity index (χ1v) is 12.8. The summed E-state index contributed by atoms with van der Waals surface area (Å²) in [7, 11) is 0. The number of nitriles is 1. The fourth-order valence-corrected chi connectivity index (χ4v) is 5.50. The molecule has 1 aromatic heterocycles. The number of carbonyl (C=O) groups is 1. The minimum Gasteiger partial charge on any atom is -0.447 e. The molecule has 0 N–H and O–H groups in total. The highest BCUT2D eigenvalue weighted by Crippen LogP contribution is 2.37. The Hall–Kier alpha value is -3.57. The smallest absolute Gasteiger partial charge is 0.248 e. The summed E-state index contributed by atoms with van der Waals surface area (Å²) < 4.78 is 32.6. The Labute approximate surface area is 215 Å². The number of piperazine rings is 1. The van der Waals surface area contributed by atoms with Gasteiger partial charge >= 0.3 is 0 Å². The molecule has 6 nitrogen and oxygen atoms in total. The second-order valence-electron chi connectivity index (χ2n) is 9.94. The Bertz CT molecular complexity index is 1240. The molecule has 1 saturated heterocycles. The maximum Gasteiger partial charge on any atom is 0.248 e. The molecule has 1 unspecified atom stereocenters. The molecule has 37 heavy (non-hydrogen) atoms. The number of oxazole rings is 1. The van der Waals surface area contributed by atoms with Gasteiger partial charge in [-0.2, -0.15) is 5.26 Å². The molecule has 0 amide bonds. The molecule has 0 bridgehead atoms. The SMILES string of the molecule is N#Cc1cc(CC(=O)C2CCC(F)(F)CC2)ccc1N1CCN(C(c2ccccc2)c2ncco2)CC1. The van der Waals surface area contributed by atoms with Gasteiger partial charge in [0, 0.05) is 51.4 Å². The summed E-state index contributed by atoms with van der Waals surface area (Å²) in [5.41, 5.74) is 3.26. The lowest BCUT2D eigenvalue weighted by atomic mass is 9.82. The van der Waals surface area contributed by atoms with Gasteiger partial charge in [0.05, 0.1) is 17.4 Å². The van der Waals surface area contributed by atoms with Crippen molar-refractivity contribution in [2.45, 2.75) is 44.1 Å². The molecule has 5 rings (SSSR count). The maximum atomic E-state index is 13.5. The molecule has 1 aliphatic carbocycles. The zero-order valence-corrected chi connectivity index (χ0v) is 20.7. The molecule has 0 spiro atoms. The standard InChI is InChI=1S/C29H30F2N4O2/c30-29(31)10-8-22(9-11-29)26(36)19-21-6-7-25(24(18-21)20-32)34-13-15-35(16-14-34)27(28-33-12-17-37-28)23-4-2-1-3-5-23/h1-7,12,17-18,22,27H,8-11,13-16,19H2. The zero-order valence-electron chi connectivity index (χ0n) is 20.7. The van der Waals surface area contributed by atoms with E-state index in [0.29, 0.717) is 11.5 Å². The molecule has 2 fully saturated rings. The van der Waals surface area contributed by atoms with Crippen LogP contribution in [0.2, 0.25) is 0 Å². The van der Waals surface area contributed by atoms with E-state index in [0.717, 1.165) is 43.0 Å². The number of Topliss-reactive ketones (excluding diaryl/α,β-unsaturated/α-hetero) is 1. The highest BCUT2D eigenvalue weighted by atomic mass is 19.3. The first-order valence-electron chi connectivity index (χ1n) is 12.8. The van der Waals surface area contributed by atoms with Gasteiger partial charge in [0.25, 0.3) is 0 Å². The van der Waals surface area contributed by atoms with Crippen LogP contribution in [-0.4, -0.2) is 47.8 Å². The number of ketones is 1. The van der Waals surface area contributed by atoms with Gasteiger partial charge in [-0.1, -0.05) is 36.4 Å². The van der Waals surface area contributed by atoms with Crippen LogP contribution < -0.4 is 4.90 Å². The highest BCUT2D eigenvalue weighted by molar-refractivity contribution is 5.83. The van der Waals surface area contributed by atoms with Crippen LogP contribution in [0.25, 0.3) is 0 Å². The van der Waals surface area contributed by atoms with Crippen LogP contribution >= 0.6 is 0 Å². The topological polar surface area (TPSA) is 73.4 Å². The van der Waals surface area contributed by atoms with Gasteiger partial charge in [0.2, 0.25) is 11.8 Å². The molecule has 2 aromatic carbocycles. The molecule has 2 aliphatic rings. The van der Waals surface area contributed by atoms with Crippen molar-refractivity contribution < 1.29 is 18.0 Å². The van der Waals surface area contributed by atoms with Crippen molar-refractivity contribution in [1.29, 1.82) is 5.26 Å². The average Bonchev–Trinajstić information content (AvgIpc) is 3.44. The number of rotatable bonds is 7. The molecule has 8 heteroatoms. The van der Waals surface area contributed by atoms with Crippen LogP contribution in [0.1, 0.15) is 54.3 Å². The lowest BCUT2D eigenvalue weighted by Gasteiger charge is -2.39. The predicted molar refractivity (Wildman–Crippen MR) is 135 cm³/mol. The Balaban J connectivity index is 1.25. The summed E-state index contributed by atoms with van der Waals surface area (Å²) in [4.78, 5) is 21.7. The fraction of sp³-hybridized carbons (Fsp3) is 0.414. The second-order valence-corrected chi connectivity index (χ2v) is 9.94. The summed E-state index contributed by atoms with van der Waals surface area (Å²) in [5, 5.41) is 9.85. The Morgan fingerprint density at radius 1 is 1.11 bits per heavy atom. The van der Waals surface area contributed by atoms with E-state index in [2.05, 4.69) is 33.0 Å². The molecule has 192 valence electrons.